The summed E-state index contributed by atoms with van der Waals surface area (Å²) >= 11 is 6.10. The van der Waals surface area contributed by atoms with E-state index >= 15 is 0 Å². The second-order valence-corrected chi connectivity index (χ2v) is 6.81. The Bertz CT molecular complexity index is 987. The third-order valence-corrected chi connectivity index (χ3v) is 4.60. The Morgan fingerprint density at radius 1 is 0.893 bits per heavy atom. The third-order valence-electron chi connectivity index (χ3n) is 4.23. The molecule has 3 aromatic rings. The zero-order valence-corrected chi connectivity index (χ0v) is 16.2. The number of hydrogen-bond donors (Lipinski definition) is 2. The van der Waals surface area contributed by atoms with Gasteiger partial charge in [0.25, 0.3) is 11.8 Å². The molecule has 0 aliphatic rings. The lowest BCUT2D eigenvalue weighted by molar-refractivity contribution is 0.0950. The molecule has 2 N–H and O–H groups in total. The highest BCUT2D eigenvalue weighted by molar-refractivity contribution is 6.31. The van der Waals surface area contributed by atoms with Gasteiger partial charge in [0, 0.05) is 30.5 Å². The van der Waals surface area contributed by atoms with Crippen LogP contribution in [0.25, 0.3) is 0 Å². The van der Waals surface area contributed by atoms with Crippen LogP contribution in [0.2, 0.25) is 5.02 Å². The Morgan fingerprint density at radius 2 is 1.50 bits per heavy atom. The van der Waals surface area contributed by atoms with Crippen LogP contribution in [0.3, 0.4) is 0 Å². The number of halogens is 1. The van der Waals surface area contributed by atoms with Crippen LogP contribution in [0, 0.1) is 6.92 Å². The van der Waals surface area contributed by atoms with E-state index in [0.29, 0.717) is 29.2 Å². The van der Waals surface area contributed by atoms with E-state index in [4.69, 9.17) is 11.6 Å². The Balaban J connectivity index is 1.60. The van der Waals surface area contributed by atoms with Gasteiger partial charge in [-0.2, -0.15) is 0 Å². The molecule has 1 heterocycles. The lowest BCUT2D eigenvalue weighted by atomic mass is 10.1. The van der Waals surface area contributed by atoms with Crippen molar-refractivity contribution >= 4 is 23.4 Å². The zero-order chi connectivity index (χ0) is 19.9. The molecule has 6 heteroatoms. The van der Waals surface area contributed by atoms with Crippen molar-refractivity contribution in [2.24, 2.45) is 0 Å². The second-order valence-electron chi connectivity index (χ2n) is 6.40. The van der Waals surface area contributed by atoms with Crippen molar-refractivity contribution in [2.45, 2.75) is 20.0 Å². The normalized spacial score (nSPS) is 10.4. The maximum atomic E-state index is 12.4. The maximum absolute atomic E-state index is 12.4. The van der Waals surface area contributed by atoms with Crippen LogP contribution in [0.5, 0.6) is 0 Å². The smallest absolute Gasteiger partial charge is 0.253 e. The third kappa shape index (κ3) is 5.18. The Kier molecular flexibility index (Phi) is 6.40. The summed E-state index contributed by atoms with van der Waals surface area (Å²) < 4.78 is 0. The molecular formula is C22H20ClN3O2. The summed E-state index contributed by atoms with van der Waals surface area (Å²) in [6, 6.07) is 16.7. The van der Waals surface area contributed by atoms with Crippen molar-refractivity contribution in [2.75, 3.05) is 0 Å². The van der Waals surface area contributed by atoms with E-state index in [1.165, 1.54) is 18.5 Å². The van der Waals surface area contributed by atoms with Gasteiger partial charge in [-0.3, -0.25) is 14.6 Å². The van der Waals surface area contributed by atoms with Gasteiger partial charge in [-0.25, -0.2) is 0 Å². The predicted molar refractivity (Wildman–Crippen MR) is 109 cm³/mol. The van der Waals surface area contributed by atoms with Gasteiger partial charge in [0.1, 0.15) is 0 Å². The fraction of sp³-hybridized carbons (Fsp3) is 0.136. The topological polar surface area (TPSA) is 71.1 Å². The number of carbonyl (C=O) groups excluding carboxylic acids is 2. The number of rotatable bonds is 6. The van der Waals surface area contributed by atoms with Crippen molar-refractivity contribution in [3.05, 3.63) is 99.8 Å². The number of pyridine rings is 1. The van der Waals surface area contributed by atoms with Crippen LogP contribution in [0.15, 0.2) is 67.0 Å². The number of aryl methyl sites for hydroxylation is 1. The minimum absolute atomic E-state index is 0.283. The summed E-state index contributed by atoms with van der Waals surface area (Å²) in [6.07, 6.45) is 2.87. The van der Waals surface area contributed by atoms with Crippen molar-refractivity contribution in [3.63, 3.8) is 0 Å². The van der Waals surface area contributed by atoms with Crippen molar-refractivity contribution < 1.29 is 9.59 Å². The van der Waals surface area contributed by atoms with E-state index in [9.17, 15) is 9.59 Å². The number of nitrogens with zero attached hydrogens (tertiary/aromatic N) is 1. The highest BCUT2D eigenvalue weighted by Gasteiger charge is 2.12. The van der Waals surface area contributed by atoms with Gasteiger partial charge in [-0.05, 0) is 30.2 Å². The van der Waals surface area contributed by atoms with E-state index in [2.05, 4.69) is 15.6 Å². The summed E-state index contributed by atoms with van der Waals surface area (Å²) in [4.78, 5) is 28.8. The minimum Gasteiger partial charge on any atom is -0.348 e. The summed E-state index contributed by atoms with van der Waals surface area (Å²) in [5.41, 5.74) is 3.63. The molecular weight excluding hydrogens is 374 g/mol. The minimum atomic E-state index is -0.319. The molecule has 2 amide bonds. The fourth-order valence-corrected chi connectivity index (χ4v) is 2.80. The first-order chi connectivity index (χ1) is 13.5. The van der Waals surface area contributed by atoms with Crippen molar-refractivity contribution in [1.29, 1.82) is 0 Å². The molecule has 3 rings (SSSR count). The molecule has 0 unspecified atom stereocenters. The second kappa shape index (κ2) is 9.15. The number of hydrogen-bond acceptors (Lipinski definition) is 3. The van der Waals surface area contributed by atoms with Crippen LogP contribution in [-0.2, 0) is 13.1 Å². The highest BCUT2D eigenvalue weighted by Crippen LogP contribution is 2.14. The highest BCUT2D eigenvalue weighted by atomic mass is 35.5. The van der Waals surface area contributed by atoms with Gasteiger partial charge in [0.05, 0.1) is 11.1 Å². The molecule has 0 aliphatic heterocycles. The number of benzene rings is 2. The molecule has 2 aromatic carbocycles. The van der Waals surface area contributed by atoms with Crippen molar-refractivity contribution in [3.8, 4) is 0 Å². The van der Waals surface area contributed by atoms with E-state index in [0.717, 1.165) is 16.7 Å². The molecule has 142 valence electrons. The first-order valence-electron chi connectivity index (χ1n) is 8.83. The monoisotopic (exact) mass is 393 g/mol. The quantitative estimate of drug-likeness (QED) is 0.667. The van der Waals surface area contributed by atoms with Crippen molar-refractivity contribution in [1.82, 2.24) is 15.6 Å². The lowest BCUT2D eigenvalue weighted by Crippen LogP contribution is -2.25. The molecule has 0 bridgehead atoms. The van der Waals surface area contributed by atoms with Crippen LogP contribution < -0.4 is 10.6 Å². The molecule has 1 aromatic heterocycles. The van der Waals surface area contributed by atoms with E-state index in [1.807, 2.05) is 49.4 Å². The molecule has 5 nitrogen and oxygen atoms in total. The molecule has 0 saturated heterocycles. The van der Waals surface area contributed by atoms with Crippen LogP contribution in [0.4, 0.5) is 0 Å². The summed E-state index contributed by atoms with van der Waals surface area (Å²) in [5, 5.41) is 6.22. The largest absolute Gasteiger partial charge is 0.348 e. The fourth-order valence-electron chi connectivity index (χ4n) is 2.60. The Morgan fingerprint density at radius 3 is 2.14 bits per heavy atom. The molecule has 28 heavy (non-hydrogen) atoms. The molecule has 0 radical (unpaired) electrons. The average molecular weight is 394 g/mol. The number of amides is 2. The van der Waals surface area contributed by atoms with E-state index < -0.39 is 0 Å². The van der Waals surface area contributed by atoms with E-state index in [-0.39, 0.29) is 11.8 Å². The lowest BCUT2D eigenvalue weighted by Gasteiger charge is -2.09. The number of nitrogens with one attached hydrogen (secondary N) is 2. The standard InChI is InChI=1S/C22H20ClN3O2/c1-15-6-8-16(9-7-15)11-25-21(27)18-10-19(13-24-12-18)22(28)26-14-17-4-2-3-5-20(17)23/h2-10,12-13H,11,14H2,1H3,(H,25,27)(H,26,28). The Labute approximate surface area is 168 Å². The van der Waals surface area contributed by atoms with Gasteiger partial charge in [0.2, 0.25) is 0 Å². The summed E-state index contributed by atoms with van der Waals surface area (Å²) in [6.45, 7) is 2.71. The van der Waals surface area contributed by atoms with E-state index in [1.54, 1.807) is 6.07 Å². The Hall–Kier alpha value is -3.18. The van der Waals surface area contributed by atoms with Gasteiger partial charge >= 0.3 is 0 Å². The van der Waals surface area contributed by atoms with Gasteiger partial charge in [0.15, 0.2) is 0 Å². The predicted octanol–water partition coefficient (Wildman–Crippen LogP) is 3.90. The first kappa shape index (κ1) is 19.6. The number of aromatic nitrogens is 1. The zero-order valence-electron chi connectivity index (χ0n) is 15.4. The van der Waals surface area contributed by atoms with Gasteiger partial charge in [-0.15, -0.1) is 0 Å². The first-order valence-corrected chi connectivity index (χ1v) is 9.21. The van der Waals surface area contributed by atoms with Gasteiger partial charge in [-0.1, -0.05) is 59.6 Å². The van der Waals surface area contributed by atoms with Crippen LogP contribution in [-0.4, -0.2) is 16.8 Å². The summed E-state index contributed by atoms with van der Waals surface area (Å²) in [7, 11) is 0. The molecule has 0 aliphatic carbocycles. The molecule has 0 spiro atoms. The molecule has 0 saturated carbocycles. The average Bonchev–Trinajstić information content (AvgIpc) is 2.72. The maximum Gasteiger partial charge on any atom is 0.253 e. The van der Waals surface area contributed by atoms with Gasteiger partial charge < -0.3 is 10.6 Å². The molecule has 0 fully saturated rings. The SMILES string of the molecule is Cc1ccc(CNC(=O)c2cncc(C(=O)NCc3ccccc3Cl)c2)cc1. The molecule has 0 atom stereocenters. The number of carbonyl (C=O) groups is 2. The van der Waals surface area contributed by atoms with Crippen LogP contribution >= 0.6 is 11.6 Å². The summed E-state index contributed by atoms with van der Waals surface area (Å²) in [5.74, 6) is -0.602. The van der Waals surface area contributed by atoms with Crippen LogP contribution in [0.1, 0.15) is 37.4 Å².